The average molecular weight is 402 g/mol. The lowest BCUT2D eigenvalue weighted by Crippen LogP contribution is -2.21. The molecule has 0 aliphatic rings. The Morgan fingerprint density at radius 1 is 0.867 bits per heavy atom. The van der Waals surface area contributed by atoms with Gasteiger partial charge in [0.05, 0.1) is 12.5 Å². The highest BCUT2D eigenvalue weighted by Crippen LogP contribution is 2.32. The Hall–Kier alpha value is -4.06. The number of fused-ring (bicyclic) bond motifs is 1. The second-order valence-electron chi connectivity index (χ2n) is 6.39. The summed E-state index contributed by atoms with van der Waals surface area (Å²) in [6.45, 7) is -0.349. The van der Waals surface area contributed by atoms with Crippen LogP contribution in [0.5, 0.6) is 17.2 Å². The minimum atomic E-state index is -0.712. The third-order valence-electron chi connectivity index (χ3n) is 4.42. The van der Waals surface area contributed by atoms with Crippen molar-refractivity contribution in [3.05, 3.63) is 89.1 Å². The van der Waals surface area contributed by atoms with Crippen molar-refractivity contribution in [1.82, 2.24) is 0 Å². The molecule has 0 bridgehead atoms. The smallest absolute Gasteiger partial charge is 0.349 e. The summed E-state index contributed by atoms with van der Waals surface area (Å²) in [7, 11) is 1.56. The molecular formula is C24H18O6. The number of ether oxygens (including phenoxy) is 3. The first-order valence-corrected chi connectivity index (χ1v) is 9.24. The van der Waals surface area contributed by atoms with Gasteiger partial charge >= 0.3 is 5.97 Å². The molecule has 0 fully saturated rings. The van der Waals surface area contributed by atoms with Crippen LogP contribution in [0.4, 0.5) is 0 Å². The second kappa shape index (κ2) is 8.53. The molecule has 0 N–H and O–H groups in total. The monoisotopic (exact) mass is 402 g/mol. The Morgan fingerprint density at radius 2 is 1.57 bits per heavy atom. The predicted molar refractivity (Wildman–Crippen MR) is 112 cm³/mol. The van der Waals surface area contributed by atoms with E-state index in [2.05, 4.69) is 0 Å². The molecule has 3 aromatic carbocycles. The summed E-state index contributed by atoms with van der Waals surface area (Å²) in [4.78, 5) is 25.5. The number of methoxy groups -OCH3 is 1. The number of carbonyl (C=O) groups excluding carboxylic acids is 1. The Bertz CT molecular complexity index is 1230. The lowest BCUT2D eigenvalue weighted by molar-refractivity contribution is -0.136. The van der Waals surface area contributed by atoms with E-state index in [9.17, 15) is 9.59 Å². The van der Waals surface area contributed by atoms with E-state index in [0.717, 1.165) is 0 Å². The standard InChI is InChI=1S/C24H18O6/c1-27-17-13-11-16(12-14-17)23-24(22(26)19-9-5-6-10-20(19)29-23)30-21(25)15-28-18-7-3-2-4-8-18/h2-14H,15H2,1H3. The van der Waals surface area contributed by atoms with Crippen LogP contribution in [0.15, 0.2) is 88.1 Å². The number of rotatable bonds is 6. The van der Waals surface area contributed by atoms with Crippen LogP contribution < -0.4 is 19.6 Å². The summed E-state index contributed by atoms with van der Waals surface area (Å²) in [5, 5.41) is 0.321. The van der Waals surface area contributed by atoms with Gasteiger partial charge in [0.15, 0.2) is 12.4 Å². The SMILES string of the molecule is COc1ccc(-c2oc3ccccc3c(=O)c2OC(=O)COc2ccccc2)cc1. The molecule has 4 aromatic rings. The number of esters is 1. The van der Waals surface area contributed by atoms with Gasteiger partial charge in [0.1, 0.15) is 17.1 Å². The van der Waals surface area contributed by atoms with E-state index < -0.39 is 11.4 Å². The van der Waals surface area contributed by atoms with E-state index in [1.54, 1.807) is 79.9 Å². The molecule has 6 heteroatoms. The summed E-state index contributed by atoms with van der Waals surface area (Å²) in [6, 6.07) is 22.6. The molecule has 0 atom stereocenters. The van der Waals surface area contributed by atoms with E-state index in [-0.39, 0.29) is 18.1 Å². The second-order valence-corrected chi connectivity index (χ2v) is 6.39. The molecule has 0 saturated heterocycles. The lowest BCUT2D eigenvalue weighted by atomic mass is 10.1. The molecule has 0 radical (unpaired) electrons. The summed E-state index contributed by atoms with van der Waals surface area (Å²) in [5.74, 6) is 0.443. The maximum atomic E-state index is 13.1. The van der Waals surface area contributed by atoms with Gasteiger partial charge in [0.25, 0.3) is 0 Å². The van der Waals surface area contributed by atoms with Gasteiger partial charge in [0.2, 0.25) is 11.2 Å². The zero-order valence-electron chi connectivity index (χ0n) is 16.2. The molecule has 6 nitrogen and oxygen atoms in total. The summed E-state index contributed by atoms with van der Waals surface area (Å²) in [5.41, 5.74) is 0.537. The van der Waals surface area contributed by atoms with Gasteiger partial charge in [-0.05, 0) is 48.5 Å². The van der Waals surface area contributed by atoms with Crippen LogP contribution in [-0.4, -0.2) is 19.7 Å². The minimum absolute atomic E-state index is 0.161. The number of hydrogen-bond acceptors (Lipinski definition) is 6. The van der Waals surface area contributed by atoms with Gasteiger partial charge in [-0.3, -0.25) is 4.79 Å². The molecule has 0 unspecified atom stereocenters. The van der Waals surface area contributed by atoms with Crippen LogP contribution in [-0.2, 0) is 4.79 Å². The third kappa shape index (κ3) is 4.03. The van der Waals surface area contributed by atoms with Gasteiger partial charge < -0.3 is 18.6 Å². The maximum Gasteiger partial charge on any atom is 0.349 e. The fourth-order valence-corrected chi connectivity index (χ4v) is 2.95. The maximum absolute atomic E-state index is 13.1. The highest BCUT2D eigenvalue weighted by molar-refractivity contribution is 5.84. The number of carbonyl (C=O) groups is 1. The van der Waals surface area contributed by atoms with Crippen LogP contribution in [0, 0.1) is 0 Å². The quantitative estimate of drug-likeness (QED) is 0.444. The Balaban J connectivity index is 1.70. The van der Waals surface area contributed by atoms with E-state index in [4.69, 9.17) is 18.6 Å². The predicted octanol–water partition coefficient (Wildman–Crippen LogP) is 4.45. The van der Waals surface area contributed by atoms with Crippen LogP contribution >= 0.6 is 0 Å². The largest absolute Gasteiger partial charge is 0.497 e. The van der Waals surface area contributed by atoms with Crippen LogP contribution in [0.2, 0.25) is 0 Å². The van der Waals surface area contributed by atoms with Gasteiger partial charge in [0, 0.05) is 5.56 Å². The average Bonchev–Trinajstić information content (AvgIpc) is 2.80. The normalized spacial score (nSPS) is 10.6. The van der Waals surface area contributed by atoms with E-state index >= 15 is 0 Å². The first-order valence-electron chi connectivity index (χ1n) is 9.24. The molecule has 0 spiro atoms. The van der Waals surface area contributed by atoms with E-state index in [0.29, 0.717) is 28.0 Å². The number of benzene rings is 3. The molecule has 1 heterocycles. The van der Waals surface area contributed by atoms with E-state index in [1.165, 1.54) is 0 Å². The molecular weight excluding hydrogens is 384 g/mol. The molecule has 0 aliphatic carbocycles. The topological polar surface area (TPSA) is 75.0 Å². The van der Waals surface area contributed by atoms with Crippen LogP contribution in [0.25, 0.3) is 22.3 Å². The van der Waals surface area contributed by atoms with Gasteiger partial charge in [-0.15, -0.1) is 0 Å². The molecule has 0 aliphatic heterocycles. The van der Waals surface area contributed by atoms with Crippen molar-refractivity contribution in [3.8, 4) is 28.6 Å². The van der Waals surface area contributed by atoms with Crippen molar-refractivity contribution in [2.45, 2.75) is 0 Å². The zero-order valence-corrected chi connectivity index (χ0v) is 16.2. The Morgan fingerprint density at radius 3 is 2.30 bits per heavy atom. The van der Waals surface area contributed by atoms with Gasteiger partial charge in [-0.25, -0.2) is 4.79 Å². The fourth-order valence-electron chi connectivity index (χ4n) is 2.95. The lowest BCUT2D eigenvalue weighted by Gasteiger charge is -2.11. The number of hydrogen-bond donors (Lipinski definition) is 0. The highest BCUT2D eigenvalue weighted by Gasteiger charge is 2.20. The molecule has 0 saturated carbocycles. The zero-order chi connectivity index (χ0) is 20.9. The summed E-state index contributed by atoms with van der Waals surface area (Å²) < 4.78 is 21.9. The van der Waals surface area contributed by atoms with Crippen molar-refractivity contribution in [2.75, 3.05) is 13.7 Å². The highest BCUT2D eigenvalue weighted by atomic mass is 16.6. The van der Waals surface area contributed by atoms with Crippen molar-refractivity contribution in [1.29, 1.82) is 0 Å². The van der Waals surface area contributed by atoms with E-state index in [1.807, 2.05) is 6.07 Å². The Labute approximate surface area is 172 Å². The van der Waals surface area contributed by atoms with Gasteiger partial charge in [-0.1, -0.05) is 30.3 Å². The fraction of sp³-hybridized carbons (Fsp3) is 0.0833. The van der Waals surface area contributed by atoms with Crippen LogP contribution in [0.3, 0.4) is 0 Å². The van der Waals surface area contributed by atoms with Crippen molar-refractivity contribution < 1.29 is 23.4 Å². The van der Waals surface area contributed by atoms with Crippen LogP contribution in [0.1, 0.15) is 0 Å². The van der Waals surface area contributed by atoms with Crippen molar-refractivity contribution in [3.63, 3.8) is 0 Å². The molecule has 4 rings (SSSR count). The first-order chi connectivity index (χ1) is 14.7. The molecule has 1 aromatic heterocycles. The third-order valence-corrected chi connectivity index (χ3v) is 4.42. The Kier molecular flexibility index (Phi) is 5.48. The van der Waals surface area contributed by atoms with Crippen molar-refractivity contribution in [2.24, 2.45) is 0 Å². The summed E-state index contributed by atoms with van der Waals surface area (Å²) in [6.07, 6.45) is 0. The van der Waals surface area contributed by atoms with Gasteiger partial charge in [-0.2, -0.15) is 0 Å². The minimum Gasteiger partial charge on any atom is -0.497 e. The summed E-state index contributed by atoms with van der Waals surface area (Å²) >= 11 is 0. The number of para-hydroxylation sites is 2. The first kappa shape index (κ1) is 19.3. The molecule has 150 valence electrons. The van der Waals surface area contributed by atoms with Crippen molar-refractivity contribution >= 4 is 16.9 Å². The molecule has 30 heavy (non-hydrogen) atoms. The molecule has 0 amide bonds.